The minimum absolute atomic E-state index is 0.105. The number of nitrogens with one attached hydrogen (secondary N) is 2. The van der Waals surface area contributed by atoms with E-state index in [1.54, 1.807) is 16.2 Å². The van der Waals surface area contributed by atoms with Crippen LogP contribution in [0.5, 0.6) is 0 Å². The molecule has 1 aliphatic heterocycles. The van der Waals surface area contributed by atoms with Crippen LogP contribution in [-0.4, -0.2) is 46.2 Å². The van der Waals surface area contributed by atoms with E-state index in [0.29, 0.717) is 38.3 Å². The van der Waals surface area contributed by atoms with Crippen LogP contribution in [0.1, 0.15) is 64.1 Å². The zero-order valence-corrected chi connectivity index (χ0v) is 21.4. The van der Waals surface area contributed by atoms with Crippen molar-refractivity contribution in [1.29, 1.82) is 0 Å². The van der Waals surface area contributed by atoms with Crippen molar-refractivity contribution >= 4 is 29.1 Å². The lowest BCUT2D eigenvalue weighted by molar-refractivity contribution is -0.141. The standard InChI is InChI=1S/C26H36N4O3S/c1-5-21(29-23(31)13-8-17(2)3)26(33)30-14-6-7-22(30)25(32)27-15-19-9-11-20(12-10-19)24-18(4)28-16-34-24/h9-12,16-17,21-22H,5-8,13-15H2,1-4H3,(H,27,32)(H,29,31)/t21-,22-/m0/s1. The minimum atomic E-state index is -0.587. The highest BCUT2D eigenvalue weighted by Gasteiger charge is 2.37. The number of hydrogen-bond donors (Lipinski definition) is 2. The zero-order valence-electron chi connectivity index (χ0n) is 20.6. The average Bonchev–Trinajstić information content (AvgIpc) is 3.49. The van der Waals surface area contributed by atoms with Gasteiger partial charge < -0.3 is 15.5 Å². The number of amides is 3. The van der Waals surface area contributed by atoms with Gasteiger partial charge in [-0.15, -0.1) is 11.3 Å². The number of aromatic nitrogens is 1. The lowest BCUT2D eigenvalue weighted by Crippen LogP contribution is -2.53. The van der Waals surface area contributed by atoms with E-state index in [0.717, 1.165) is 34.5 Å². The van der Waals surface area contributed by atoms with Crippen LogP contribution in [0.2, 0.25) is 0 Å². The normalized spacial score (nSPS) is 16.5. The SMILES string of the molecule is CC[C@H](NC(=O)CCC(C)C)C(=O)N1CCC[C@H]1C(=O)NCc1ccc(-c2scnc2C)cc1. The first kappa shape index (κ1) is 25.9. The Kier molecular flexibility index (Phi) is 9.21. The number of rotatable bonds is 10. The molecule has 34 heavy (non-hydrogen) atoms. The van der Waals surface area contributed by atoms with Crippen LogP contribution in [-0.2, 0) is 20.9 Å². The van der Waals surface area contributed by atoms with Crippen LogP contribution in [0.25, 0.3) is 10.4 Å². The molecule has 3 amide bonds. The summed E-state index contributed by atoms with van der Waals surface area (Å²) in [5.74, 6) is 0.0174. The lowest BCUT2D eigenvalue weighted by atomic mass is 10.1. The molecule has 8 heteroatoms. The molecule has 1 saturated heterocycles. The molecule has 1 fully saturated rings. The fourth-order valence-corrected chi connectivity index (χ4v) is 5.00. The smallest absolute Gasteiger partial charge is 0.245 e. The van der Waals surface area contributed by atoms with Crippen molar-refractivity contribution in [3.05, 3.63) is 41.0 Å². The fraction of sp³-hybridized carbons (Fsp3) is 0.538. The maximum atomic E-state index is 13.1. The predicted molar refractivity (Wildman–Crippen MR) is 135 cm³/mol. The number of carbonyl (C=O) groups is 3. The van der Waals surface area contributed by atoms with Gasteiger partial charge in [-0.05, 0) is 49.7 Å². The molecule has 2 atom stereocenters. The Labute approximate surface area is 206 Å². The van der Waals surface area contributed by atoms with Gasteiger partial charge in [0, 0.05) is 19.5 Å². The monoisotopic (exact) mass is 484 g/mol. The molecule has 0 unspecified atom stereocenters. The summed E-state index contributed by atoms with van der Waals surface area (Å²) < 4.78 is 0. The third-order valence-electron chi connectivity index (χ3n) is 6.26. The van der Waals surface area contributed by atoms with E-state index in [9.17, 15) is 14.4 Å². The van der Waals surface area contributed by atoms with Crippen molar-refractivity contribution in [3.8, 4) is 10.4 Å². The quantitative estimate of drug-likeness (QED) is 0.532. The van der Waals surface area contributed by atoms with Crippen molar-refractivity contribution in [2.45, 2.75) is 78.4 Å². The van der Waals surface area contributed by atoms with Crippen molar-refractivity contribution in [1.82, 2.24) is 20.5 Å². The molecule has 2 N–H and O–H groups in total. The second-order valence-electron chi connectivity index (χ2n) is 9.33. The number of hydrogen-bond acceptors (Lipinski definition) is 5. The Morgan fingerprint density at radius 2 is 1.94 bits per heavy atom. The van der Waals surface area contributed by atoms with Gasteiger partial charge in [-0.25, -0.2) is 4.98 Å². The Hall–Kier alpha value is -2.74. The summed E-state index contributed by atoms with van der Waals surface area (Å²) in [7, 11) is 0. The molecule has 3 rings (SSSR count). The number of nitrogens with zero attached hydrogens (tertiary/aromatic N) is 2. The maximum Gasteiger partial charge on any atom is 0.245 e. The molecule has 0 radical (unpaired) electrons. The van der Waals surface area contributed by atoms with Gasteiger partial charge in [0.1, 0.15) is 12.1 Å². The van der Waals surface area contributed by atoms with Crippen LogP contribution < -0.4 is 10.6 Å². The van der Waals surface area contributed by atoms with Gasteiger partial charge in [0.25, 0.3) is 0 Å². The largest absolute Gasteiger partial charge is 0.350 e. The van der Waals surface area contributed by atoms with Crippen molar-refractivity contribution in [2.24, 2.45) is 5.92 Å². The molecule has 2 aromatic rings. The first-order valence-electron chi connectivity index (χ1n) is 12.2. The van der Waals surface area contributed by atoms with E-state index < -0.39 is 12.1 Å². The lowest BCUT2D eigenvalue weighted by Gasteiger charge is -2.28. The third-order valence-corrected chi connectivity index (χ3v) is 7.23. The highest BCUT2D eigenvalue weighted by Crippen LogP contribution is 2.27. The van der Waals surface area contributed by atoms with Gasteiger partial charge in [-0.3, -0.25) is 14.4 Å². The van der Waals surface area contributed by atoms with Crippen molar-refractivity contribution < 1.29 is 14.4 Å². The fourth-order valence-electron chi connectivity index (χ4n) is 4.19. The topological polar surface area (TPSA) is 91.4 Å². The van der Waals surface area contributed by atoms with Crippen LogP contribution in [0.4, 0.5) is 0 Å². The highest BCUT2D eigenvalue weighted by atomic mass is 32.1. The number of benzene rings is 1. The maximum absolute atomic E-state index is 13.1. The zero-order chi connectivity index (χ0) is 24.7. The number of likely N-dealkylation sites (tertiary alicyclic amines) is 1. The highest BCUT2D eigenvalue weighted by molar-refractivity contribution is 7.13. The minimum Gasteiger partial charge on any atom is -0.350 e. The van der Waals surface area contributed by atoms with Crippen LogP contribution in [0, 0.1) is 12.8 Å². The van der Waals surface area contributed by atoms with Gasteiger partial charge in [-0.2, -0.15) is 0 Å². The summed E-state index contributed by atoms with van der Waals surface area (Å²) in [4.78, 5) is 45.4. The van der Waals surface area contributed by atoms with Gasteiger partial charge in [-0.1, -0.05) is 45.0 Å². The molecule has 1 aromatic carbocycles. The molecular formula is C26H36N4O3S. The molecule has 7 nitrogen and oxygen atoms in total. The molecule has 184 valence electrons. The summed E-state index contributed by atoms with van der Waals surface area (Å²) in [5, 5.41) is 5.86. The van der Waals surface area contributed by atoms with Gasteiger partial charge in [0.2, 0.25) is 17.7 Å². The van der Waals surface area contributed by atoms with E-state index >= 15 is 0 Å². The number of carbonyl (C=O) groups excluding carboxylic acids is 3. The number of thiazole rings is 1. The molecule has 0 bridgehead atoms. The van der Waals surface area contributed by atoms with E-state index in [1.807, 2.05) is 43.6 Å². The summed E-state index contributed by atoms with van der Waals surface area (Å²) >= 11 is 1.61. The van der Waals surface area contributed by atoms with Gasteiger partial charge >= 0.3 is 0 Å². The van der Waals surface area contributed by atoms with Crippen LogP contribution in [0.3, 0.4) is 0 Å². The summed E-state index contributed by atoms with van der Waals surface area (Å²) in [6, 6.07) is 7.02. The van der Waals surface area contributed by atoms with Crippen LogP contribution >= 0.6 is 11.3 Å². The van der Waals surface area contributed by atoms with Gasteiger partial charge in [0.05, 0.1) is 16.1 Å². The van der Waals surface area contributed by atoms with E-state index in [1.165, 1.54) is 0 Å². The Morgan fingerprint density at radius 3 is 2.56 bits per heavy atom. The predicted octanol–water partition coefficient (Wildman–Crippen LogP) is 4.06. The molecule has 0 saturated carbocycles. The first-order chi connectivity index (χ1) is 16.3. The summed E-state index contributed by atoms with van der Waals surface area (Å²) in [6.45, 7) is 8.96. The molecule has 0 spiro atoms. The molecule has 0 aliphatic carbocycles. The Balaban J connectivity index is 1.55. The average molecular weight is 485 g/mol. The van der Waals surface area contributed by atoms with Crippen LogP contribution in [0.15, 0.2) is 29.8 Å². The molecule has 1 aliphatic rings. The molecule has 2 heterocycles. The van der Waals surface area contributed by atoms with E-state index in [-0.39, 0.29) is 17.7 Å². The second kappa shape index (κ2) is 12.1. The molecule has 1 aromatic heterocycles. The van der Waals surface area contributed by atoms with E-state index in [2.05, 4.69) is 29.5 Å². The van der Waals surface area contributed by atoms with Crippen molar-refractivity contribution in [3.63, 3.8) is 0 Å². The van der Waals surface area contributed by atoms with Gasteiger partial charge in [0.15, 0.2) is 0 Å². The molecular weight excluding hydrogens is 448 g/mol. The first-order valence-corrected chi connectivity index (χ1v) is 13.0. The van der Waals surface area contributed by atoms with E-state index in [4.69, 9.17) is 0 Å². The van der Waals surface area contributed by atoms with Crippen molar-refractivity contribution in [2.75, 3.05) is 6.54 Å². The Morgan fingerprint density at radius 1 is 1.21 bits per heavy atom. The summed E-state index contributed by atoms with van der Waals surface area (Å²) in [6.07, 6.45) is 3.12. The Bertz CT molecular complexity index is 986. The summed E-state index contributed by atoms with van der Waals surface area (Å²) in [5.41, 5.74) is 4.97. The second-order valence-corrected chi connectivity index (χ2v) is 10.2. The third kappa shape index (κ3) is 6.65. The number of aryl methyl sites for hydroxylation is 1.